The fourth-order valence-electron chi connectivity index (χ4n) is 2.51. The Kier molecular flexibility index (Phi) is 5.57. The molecule has 3 N–H and O–H groups in total. The lowest BCUT2D eigenvalue weighted by molar-refractivity contribution is 0.440. The van der Waals surface area contributed by atoms with Crippen molar-refractivity contribution in [1.29, 1.82) is 0 Å². The topological polar surface area (TPSA) is 46.2 Å². The summed E-state index contributed by atoms with van der Waals surface area (Å²) in [6.45, 7) is 0.339. The van der Waals surface area contributed by atoms with Crippen LogP contribution in [0.2, 0.25) is 5.02 Å². The van der Waals surface area contributed by atoms with Crippen molar-refractivity contribution in [2.45, 2.75) is 44.6 Å². The van der Waals surface area contributed by atoms with Gasteiger partial charge in [0.15, 0.2) is 0 Å². The fourth-order valence-corrected chi connectivity index (χ4v) is 2.75. The number of hydrogen-bond acceptors (Lipinski definition) is 2. The molecule has 1 fully saturated rings. The van der Waals surface area contributed by atoms with Gasteiger partial charge in [0.25, 0.3) is 0 Å². The van der Waals surface area contributed by atoms with Crippen LogP contribution < -0.4 is 5.73 Å². The quantitative estimate of drug-likeness (QED) is 0.858. The van der Waals surface area contributed by atoms with E-state index >= 15 is 0 Å². The second kappa shape index (κ2) is 6.48. The molecule has 0 atom stereocenters. The zero-order valence-electron chi connectivity index (χ0n) is 9.79. The molecule has 1 aromatic rings. The molecule has 1 aliphatic carbocycles. The van der Waals surface area contributed by atoms with Gasteiger partial charge in [0, 0.05) is 12.1 Å². The lowest BCUT2D eigenvalue weighted by atomic mass is 9.83. The zero-order valence-corrected chi connectivity index (χ0v) is 11.4. The van der Waals surface area contributed by atoms with E-state index in [1.165, 1.54) is 37.7 Å². The fraction of sp³-hybridized carbons (Fsp3) is 0.538. The van der Waals surface area contributed by atoms with Crippen LogP contribution in [0.1, 0.15) is 49.1 Å². The van der Waals surface area contributed by atoms with Crippen molar-refractivity contribution in [2.24, 2.45) is 5.73 Å². The van der Waals surface area contributed by atoms with E-state index in [-0.39, 0.29) is 18.2 Å². The predicted molar refractivity (Wildman–Crippen MR) is 74.1 cm³/mol. The van der Waals surface area contributed by atoms with Crippen molar-refractivity contribution in [3.05, 3.63) is 28.3 Å². The van der Waals surface area contributed by atoms with Gasteiger partial charge in [0.2, 0.25) is 0 Å². The van der Waals surface area contributed by atoms with Crippen LogP contribution in [0.3, 0.4) is 0 Å². The smallest absolute Gasteiger partial charge is 0.138 e. The largest absolute Gasteiger partial charge is 0.506 e. The Morgan fingerprint density at radius 3 is 2.47 bits per heavy atom. The van der Waals surface area contributed by atoms with Crippen LogP contribution in [0.5, 0.6) is 5.75 Å². The molecule has 0 aromatic heterocycles. The van der Waals surface area contributed by atoms with E-state index < -0.39 is 0 Å². The van der Waals surface area contributed by atoms with Gasteiger partial charge >= 0.3 is 0 Å². The summed E-state index contributed by atoms with van der Waals surface area (Å²) < 4.78 is 0. The molecule has 1 aliphatic rings. The average molecular weight is 276 g/mol. The minimum absolute atomic E-state index is 0. The molecule has 0 aliphatic heterocycles. The predicted octanol–water partition coefficient (Wildman–Crippen LogP) is 3.97. The van der Waals surface area contributed by atoms with E-state index in [2.05, 4.69) is 0 Å². The molecule has 17 heavy (non-hydrogen) atoms. The van der Waals surface area contributed by atoms with Crippen LogP contribution in [0, 0.1) is 0 Å². The number of aromatic hydroxyl groups is 1. The lowest BCUT2D eigenvalue weighted by Crippen LogP contribution is -2.06. The molecule has 0 unspecified atom stereocenters. The average Bonchev–Trinajstić information content (AvgIpc) is 2.33. The second-order valence-electron chi connectivity index (χ2n) is 4.55. The summed E-state index contributed by atoms with van der Waals surface area (Å²) in [6.07, 6.45) is 6.38. The monoisotopic (exact) mass is 275 g/mol. The third-order valence-corrected chi connectivity index (χ3v) is 3.75. The highest BCUT2D eigenvalue weighted by atomic mass is 35.5. The van der Waals surface area contributed by atoms with Crippen molar-refractivity contribution in [1.82, 2.24) is 0 Å². The summed E-state index contributed by atoms with van der Waals surface area (Å²) in [5.41, 5.74) is 7.60. The van der Waals surface area contributed by atoms with Gasteiger partial charge in [-0.3, -0.25) is 0 Å². The molecule has 4 heteroatoms. The highest BCUT2D eigenvalue weighted by Gasteiger charge is 2.18. The van der Waals surface area contributed by atoms with E-state index in [0.29, 0.717) is 17.5 Å². The molecular weight excluding hydrogens is 257 g/mol. The number of phenolic OH excluding ortho intramolecular Hbond substituents is 1. The lowest BCUT2D eigenvalue weighted by Gasteiger charge is -2.23. The standard InChI is InChI=1S/C13H18ClNO.ClH/c14-12-7-10(6-11(8-15)13(12)16)9-4-2-1-3-5-9;/h6-7,9,16H,1-5,8,15H2;1H. The van der Waals surface area contributed by atoms with Gasteiger partial charge in [-0.25, -0.2) is 0 Å². The molecule has 96 valence electrons. The Bertz CT molecular complexity index is 376. The third-order valence-electron chi connectivity index (χ3n) is 3.46. The van der Waals surface area contributed by atoms with Gasteiger partial charge in [-0.05, 0) is 30.4 Å². The first-order valence-corrected chi connectivity index (χ1v) is 6.31. The molecule has 0 bridgehead atoms. The van der Waals surface area contributed by atoms with E-state index in [0.717, 1.165) is 5.56 Å². The Morgan fingerprint density at radius 2 is 1.88 bits per heavy atom. The molecule has 0 heterocycles. The maximum atomic E-state index is 9.71. The molecule has 2 rings (SSSR count). The number of benzene rings is 1. The van der Waals surface area contributed by atoms with Crippen LogP contribution >= 0.6 is 24.0 Å². The Labute approximate surface area is 114 Å². The maximum Gasteiger partial charge on any atom is 0.138 e. The first-order chi connectivity index (χ1) is 7.72. The Balaban J connectivity index is 0.00000144. The van der Waals surface area contributed by atoms with Crippen LogP contribution in [-0.2, 0) is 6.54 Å². The summed E-state index contributed by atoms with van der Waals surface area (Å²) in [7, 11) is 0. The minimum atomic E-state index is 0. The number of halogens is 2. The third kappa shape index (κ3) is 3.27. The molecular formula is C13H19Cl2NO. The summed E-state index contributed by atoms with van der Waals surface area (Å²) in [5.74, 6) is 0.737. The van der Waals surface area contributed by atoms with Gasteiger partial charge < -0.3 is 10.8 Å². The maximum absolute atomic E-state index is 9.71. The number of rotatable bonds is 2. The molecule has 0 spiro atoms. The van der Waals surface area contributed by atoms with Gasteiger partial charge in [-0.15, -0.1) is 12.4 Å². The number of phenols is 1. The van der Waals surface area contributed by atoms with Crippen molar-refractivity contribution in [3.63, 3.8) is 0 Å². The van der Waals surface area contributed by atoms with Gasteiger partial charge in [-0.1, -0.05) is 36.9 Å². The van der Waals surface area contributed by atoms with Crippen LogP contribution in [-0.4, -0.2) is 5.11 Å². The molecule has 0 amide bonds. The van der Waals surface area contributed by atoms with Crippen LogP contribution in [0.15, 0.2) is 12.1 Å². The molecule has 0 radical (unpaired) electrons. The molecule has 1 aromatic carbocycles. The normalized spacial score (nSPS) is 16.6. The van der Waals surface area contributed by atoms with E-state index in [1.54, 1.807) is 0 Å². The summed E-state index contributed by atoms with van der Waals surface area (Å²) in [4.78, 5) is 0. The minimum Gasteiger partial charge on any atom is -0.506 e. The van der Waals surface area contributed by atoms with E-state index in [1.807, 2.05) is 12.1 Å². The van der Waals surface area contributed by atoms with E-state index in [4.69, 9.17) is 17.3 Å². The van der Waals surface area contributed by atoms with Crippen molar-refractivity contribution in [2.75, 3.05) is 0 Å². The molecule has 0 saturated heterocycles. The van der Waals surface area contributed by atoms with Crippen molar-refractivity contribution >= 4 is 24.0 Å². The van der Waals surface area contributed by atoms with Crippen molar-refractivity contribution in [3.8, 4) is 5.75 Å². The van der Waals surface area contributed by atoms with Gasteiger partial charge in [0.1, 0.15) is 5.75 Å². The molecule has 1 saturated carbocycles. The highest BCUT2D eigenvalue weighted by Crippen LogP contribution is 2.37. The first kappa shape index (κ1) is 14.6. The Morgan fingerprint density at radius 1 is 1.24 bits per heavy atom. The van der Waals surface area contributed by atoms with E-state index in [9.17, 15) is 5.11 Å². The molecule has 2 nitrogen and oxygen atoms in total. The van der Waals surface area contributed by atoms with Crippen molar-refractivity contribution < 1.29 is 5.11 Å². The SMILES string of the molecule is Cl.NCc1cc(C2CCCCC2)cc(Cl)c1O. The highest BCUT2D eigenvalue weighted by molar-refractivity contribution is 6.32. The summed E-state index contributed by atoms with van der Waals surface area (Å²) >= 11 is 6.01. The number of hydrogen-bond donors (Lipinski definition) is 2. The summed E-state index contributed by atoms with van der Waals surface area (Å²) in [5, 5.41) is 10.1. The van der Waals surface area contributed by atoms with Crippen LogP contribution in [0.4, 0.5) is 0 Å². The first-order valence-electron chi connectivity index (χ1n) is 5.93. The van der Waals surface area contributed by atoms with Crippen LogP contribution in [0.25, 0.3) is 0 Å². The number of nitrogens with two attached hydrogens (primary N) is 1. The summed E-state index contributed by atoms with van der Waals surface area (Å²) in [6, 6.07) is 3.91. The van der Waals surface area contributed by atoms with Gasteiger partial charge in [-0.2, -0.15) is 0 Å². The Hall–Kier alpha value is -0.440. The zero-order chi connectivity index (χ0) is 11.5. The second-order valence-corrected chi connectivity index (χ2v) is 4.96. The van der Waals surface area contributed by atoms with Gasteiger partial charge in [0.05, 0.1) is 5.02 Å².